The van der Waals surface area contributed by atoms with Gasteiger partial charge in [0.15, 0.2) is 16.9 Å². The molecule has 35 heavy (non-hydrogen) atoms. The molecule has 1 unspecified atom stereocenters. The highest BCUT2D eigenvalue weighted by atomic mass is 35.5. The average Bonchev–Trinajstić information content (AvgIpc) is 3.14. The minimum Gasteiger partial charge on any atom is -0.493 e. The highest BCUT2D eigenvalue weighted by molar-refractivity contribution is 6.31. The number of rotatable bonds is 6. The number of carbonyl (C=O) groups excluding carboxylic acids is 1. The number of carbonyl (C=O) groups is 1. The Kier molecular flexibility index (Phi) is 6.17. The Labute approximate surface area is 211 Å². The number of ether oxygens (including phenoxy) is 2. The minimum atomic E-state index is -0.643. The smallest absolute Gasteiger partial charge is 0.290 e. The van der Waals surface area contributed by atoms with Crippen molar-refractivity contribution in [1.29, 1.82) is 0 Å². The highest BCUT2D eigenvalue weighted by Crippen LogP contribution is 2.39. The van der Waals surface area contributed by atoms with Crippen molar-refractivity contribution in [3.05, 3.63) is 103 Å². The predicted molar refractivity (Wildman–Crippen MR) is 135 cm³/mol. The fourth-order valence-corrected chi connectivity index (χ4v) is 4.90. The lowest BCUT2D eigenvalue weighted by molar-refractivity contribution is 0.0730. The van der Waals surface area contributed by atoms with Crippen molar-refractivity contribution >= 4 is 40.1 Å². The lowest BCUT2D eigenvalue weighted by atomic mass is 9.98. The molecule has 0 saturated carbocycles. The molecule has 0 radical (unpaired) electrons. The fraction of sp³-hybridized carbons (Fsp3) is 0.185. The van der Waals surface area contributed by atoms with Crippen molar-refractivity contribution in [3.63, 3.8) is 0 Å². The van der Waals surface area contributed by atoms with Crippen LogP contribution in [-0.4, -0.2) is 31.6 Å². The lowest BCUT2D eigenvalue weighted by Crippen LogP contribution is -2.31. The summed E-state index contributed by atoms with van der Waals surface area (Å²) in [5, 5.41) is 1.26. The number of methoxy groups -OCH3 is 2. The molecule has 1 aliphatic heterocycles. The van der Waals surface area contributed by atoms with Crippen molar-refractivity contribution in [2.45, 2.75) is 12.5 Å². The van der Waals surface area contributed by atoms with Gasteiger partial charge >= 0.3 is 0 Å². The molecule has 8 heteroatoms. The number of hydrogen-bond donors (Lipinski definition) is 0. The molecule has 178 valence electrons. The Morgan fingerprint density at radius 1 is 0.914 bits per heavy atom. The minimum absolute atomic E-state index is 0.0436. The van der Waals surface area contributed by atoms with Crippen LogP contribution in [0.5, 0.6) is 11.5 Å². The Bertz CT molecular complexity index is 1510. The van der Waals surface area contributed by atoms with Gasteiger partial charge in [0.2, 0.25) is 5.76 Å². The third kappa shape index (κ3) is 4.13. The molecule has 3 aromatic carbocycles. The maximum atomic E-state index is 13.6. The SMILES string of the molecule is COc1ccc(CCN2C(=O)c3oc4ccc(Cl)cc4c(=O)c3C2c2cccc(Cl)c2)cc1OC. The van der Waals surface area contributed by atoms with Crippen LogP contribution in [0.1, 0.15) is 33.3 Å². The molecule has 0 fully saturated rings. The van der Waals surface area contributed by atoms with Gasteiger partial charge in [-0.25, -0.2) is 0 Å². The highest BCUT2D eigenvalue weighted by Gasteiger charge is 2.42. The molecule has 1 atom stereocenters. The first-order valence-electron chi connectivity index (χ1n) is 10.9. The monoisotopic (exact) mass is 509 g/mol. The van der Waals surface area contributed by atoms with E-state index < -0.39 is 6.04 Å². The van der Waals surface area contributed by atoms with Gasteiger partial charge in [0.1, 0.15) is 5.58 Å². The van der Waals surface area contributed by atoms with Gasteiger partial charge in [0.25, 0.3) is 5.91 Å². The lowest BCUT2D eigenvalue weighted by Gasteiger charge is -2.25. The fourth-order valence-electron chi connectivity index (χ4n) is 4.53. The molecular formula is C27H21Cl2NO5. The molecule has 0 saturated heterocycles. The summed E-state index contributed by atoms with van der Waals surface area (Å²) in [4.78, 5) is 28.8. The average molecular weight is 510 g/mol. The molecule has 0 spiro atoms. The van der Waals surface area contributed by atoms with Gasteiger partial charge in [-0.15, -0.1) is 0 Å². The van der Waals surface area contributed by atoms with E-state index in [1.807, 2.05) is 24.3 Å². The number of amides is 1. The number of hydrogen-bond acceptors (Lipinski definition) is 5. The summed E-state index contributed by atoms with van der Waals surface area (Å²) >= 11 is 12.4. The van der Waals surface area contributed by atoms with E-state index in [1.165, 1.54) is 0 Å². The first-order valence-corrected chi connectivity index (χ1v) is 11.7. The number of nitrogens with zero attached hydrogens (tertiary/aromatic N) is 1. The topological polar surface area (TPSA) is 69.0 Å². The van der Waals surface area contributed by atoms with Crippen molar-refractivity contribution in [3.8, 4) is 11.5 Å². The maximum Gasteiger partial charge on any atom is 0.290 e. The van der Waals surface area contributed by atoms with Crippen LogP contribution < -0.4 is 14.9 Å². The van der Waals surface area contributed by atoms with E-state index in [1.54, 1.807) is 55.5 Å². The first kappa shape index (κ1) is 23.3. The van der Waals surface area contributed by atoms with Crippen LogP contribution in [0.15, 0.2) is 69.9 Å². The molecule has 2 heterocycles. The molecule has 1 amide bonds. The summed E-state index contributed by atoms with van der Waals surface area (Å²) in [6.07, 6.45) is 0.524. The Morgan fingerprint density at radius 2 is 1.69 bits per heavy atom. The largest absolute Gasteiger partial charge is 0.493 e. The first-order chi connectivity index (χ1) is 16.9. The molecule has 1 aliphatic rings. The summed E-state index contributed by atoms with van der Waals surface area (Å²) < 4.78 is 16.7. The number of benzene rings is 3. The van der Waals surface area contributed by atoms with E-state index >= 15 is 0 Å². The van der Waals surface area contributed by atoms with Crippen molar-refractivity contribution in [2.75, 3.05) is 20.8 Å². The van der Waals surface area contributed by atoms with Crippen LogP contribution in [0.2, 0.25) is 10.0 Å². The van der Waals surface area contributed by atoms with E-state index in [2.05, 4.69) is 0 Å². The van der Waals surface area contributed by atoms with Gasteiger partial charge < -0.3 is 18.8 Å². The van der Waals surface area contributed by atoms with Crippen LogP contribution in [-0.2, 0) is 6.42 Å². The molecule has 4 aromatic rings. The normalized spacial score (nSPS) is 14.9. The summed E-state index contributed by atoms with van der Waals surface area (Å²) in [5.41, 5.74) is 2.01. The van der Waals surface area contributed by atoms with Gasteiger partial charge in [0, 0.05) is 16.6 Å². The van der Waals surface area contributed by atoms with Crippen LogP contribution in [0.25, 0.3) is 11.0 Å². The second kappa shape index (κ2) is 9.29. The second-order valence-corrected chi connectivity index (χ2v) is 9.08. The van der Waals surface area contributed by atoms with Gasteiger partial charge in [-0.2, -0.15) is 0 Å². The summed E-state index contributed by atoms with van der Waals surface area (Å²) in [6.45, 7) is 0.340. The number of halogens is 2. The van der Waals surface area contributed by atoms with E-state index in [9.17, 15) is 9.59 Å². The molecule has 1 aromatic heterocycles. The van der Waals surface area contributed by atoms with E-state index in [0.29, 0.717) is 51.0 Å². The van der Waals surface area contributed by atoms with Crippen LogP contribution >= 0.6 is 23.2 Å². The Hall–Kier alpha value is -3.48. The third-order valence-corrected chi connectivity index (χ3v) is 6.65. The zero-order valence-corrected chi connectivity index (χ0v) is 20.5. The maximum absolute atomic E-state index is 13.6. The van der Waals surface area contributed by atoms with Crippen LogP contribution in [0.3, 0.4) is 0 Å². The summed E-state index contributed by atoms with van der Waals surface area (Å²) in [6, 6.07) is 16.9. The molecular weight excluding hydrogens is 489 g/mol. The van der Waals surface area contributed by atoms with Crippen LogP contribution in [0.4, 0.5) is 0 Å². The van der Waals surface area contributed by atoms with E-state index in [-0.39, 0.29) is 17.1 Å². The quantitative estimate of drug-likeness (QED) is 0.323. The predicted octanol–water partition coefficient (Wildman–Crippen LogP) is 5.90. The Morgan fingerprint density at radius 3 is 2.43 bits per heavy atom. The van der Waals surface area contributed by atoms with Crippen molar-refractivity contribution < 1.29 is 18.7 Å². The summed E-state index contributed by atoms with van der Waals surface area (Å²) in [7, 11) is 3.15. The molecule has 0 N–H and O–H groups in total. The van der Waals surface area contributed by atoms with Crippen molar-refractivity contribution in [2.24, 2.45) is 0 Å². The molecule has 0 aliphatic carbocycles. The number of fused-ring (bicyclic) bond motifs is 2. The zero-order valence-electron chi connectivity index (χ0n) is 19.0. The van der Waals surface area contributed by atoms with Gasteiger partial charge in [0.05, 0.1) is 31.2 Å². The standard InChI is InChI=1S/C27H21Cl2NO5/c1-33-21-8-6-15(12-22(21)34-2)10-11-30-24(16-4-3-5-17(28)13-16)23-25(31)19-14-18(29)7-9-20(19)35-26(23)27(30)32/h3-9,12-14,24H,10-11H2,1-2H3. The van der Waals surface area contributed by atoms with E-state index in [0.717, 1.165) is 11.1 Å². The molecule has 0 bridgehead atoms. The zero-order chi connectivity index (χ0) is 24.7. The van der Waals surface area contributed by atoms with Crippen LogP contribution in [0, 0.1) is 0 Å². The van der Waals surface area contributed by atoms with E-state index in [4.69, 9.17) is 37.1 Å². The van der Waals surface area contributed by atoms with Gasteiger partial charge in [-0.05, 0) is 60.0 Å². The van der Waals surface area contributed by atoms with Gasteiger partial charge in [-0.1, -0.05) is 41.4 Å². The molecule has 5 rings (SSSR count). The van der Waals surface area contributed by atoms with Gasteiger partial charge in [-0.3, -0.25) is 9.59 Å². The second-order valence-electron chi connectivity index (χ2n) is 8.21. The third-order valence-electron chi connectivity index (χ3n) is 6.18. The van der Waals surface area contributed by atoms with Crippen molar-refractivity contribution in [1.82, 2.24) is 4.90 Å². The summed E-state index contributed by atoms with van der Waals surface area (Å²) in [5.74, 6) is 0.923. The Balaban J connectivity index is 1.59. The molecule has 6 nitrogen and oxygen atoms in total.